The number of pyridine rings is 1. The molecule has 1 aliphatic heterocycles. The number of hydrogen-bond donors (Lipinski definition) is 0. The molecule has 2 aromatic rings. The van der Waals surface area contributed by atoms with E-state index >= 15 is 0 Å². The molecule has 0 atom stereocenters. The van der Waals surface area contributed by atoms with Crippen molar-refractivity contribution in [3.05, 3.63) is 45.8 Å². The lowest BCUT2D eigenvalue weighted by Crippen LogP contribution is -2.49. The predicted molar refractivity (Wildman–Crippen MR) is 115 cm³/mol. The van der Waals surface area contributed by atoms with Gasteiger partial charge in [0, 0.05) is 62.9 Å². The highest BCUT2D eigenvalue weighted by atomic mass is 32.1. The number of thiophene rings is 1. The summed E-state index contributed by atoms with van der Waals surface area (Å²) in [6, 6.07) is 9.20. The number of anilines is 1. The van der Waals surface area contributed by atoms with E-state index in [1.54, 1.807) is 29.3 Å². The highest BCUT2D eigenvalue weighted by molar-refractivity contribution is 7.14. The van der Waals surface area contributed by atoms with Crippen molar-refractivity contribution in [2.75, 3.05) is 31.1 Å². The van der Waals surface area contributed by atoms with Crippen LogP contribution in [0.4, 0.5) is 5.82 Å². The molecule has 1 fully saturated rings. The number of ketones is 2. The largest absolute Gasteiger partial charge is 0.353 e. The Morgan fingerprint density at radius 2 is 1.80 bits per heavy atom. The van der Waals surface area contributed by atoms with Crippen LogP contribution in [-0.4, -0.2) is 53.5 Å². The van der Waals surface area contributed by atoms with Crippen LogP contribution in [0.15, 0.2) is 30.5 Å². The quantitative estimate of drug-likeness (QED) is 0.605. The van der Waals surface area contributed by atoms with Gasteiger partial charge < -0.3 is 9.80 Å². The second-order valence-corrected chi connectivity index (χ2v) is 8.54. The highest BCUT2D eigenvalue weighted by Gasteiger charge is 2.22. The summed E-state index contributed by atoms with van der Waals surface area (Å²) in [6.07, 6.45) is 2.33. The van der Waals surface area contributed by atoms with Gasteiger partial charge >= 0.3 is 0 Å². The number of piperazine rings is 1. The van der Waals surface area contributed by atoms with Crippen LogP contribution in [0.2, 0.25) is 0 Å². The molecular formula is C22H24N4O3S. The maximum Gasteiger partial charge on any atom is 0.223 e. The van der Waals surface area contributed by atoms with E-state index in [2.05, 4.69) is 11.1 Å². The predicted octanol–water partition coefficient (Wildman–Crippen LogP) is 2.98. The normalized spacial score (nSPS) is 13.7. The molecule has 7 nitrogen and oxygen atoms in total. The SMILES string of the molecule is Cc1ccc(C(=O)CCC(=O)CCC(=O)N2CCN(c3cc(C#N)ccn3)CC2)s1. The smallest absolute Gasteiger partial charge is 0.223 e. The van der Waals surface area contributed by atoms with Gasteiger partial charge in [-0.2, -0.15) is 5.26 Å². The molecule has 1 saturated heterocycles. The van der Waals surface area contributed by atoms with Crippen LogP contribution < -0.4 is 4.90 Å². The van der Waals surface area contributed by atoms with Gasteiger partial charge in [-0.25, -0.2) is 4.98 Å². The number of amides is 1. The van der Waals surface area contributed by atoms with Gasteiger partial charge in [-0.05, 0) is 31.2 Å². The molecule has 3 rings (SSSR count). The molecule has 0 spiro atoms. The summed E-state index contributed by atoms with van der Waals surface area (Å²) < 4.78 is 0. The molecule has 2 aromatic heterocycles. The van der Waals surface area contributed by atoms with Gasteiger partial charge in [0.05, 0.1) is 16.5 Å². The number of rotatable bonds is 8. The Hall–Kier alpha value is -3.05. The van der Waals surface area contributed by atoms with Crippen molar-refractivity contribution in [1.82, 2.24) is 9.88 Å². The Kier molecular flexibility index (Phi) is 7.31. The zero-order valence-corrected chi connectivity index (χ0v) is 17.8. The second kappa shape index (κ2) is 10.1. The fourth-order valence-corrected chi connectivity index (χ4v) is 4.17. The summed E-state index contributed by atoms with van der Waals surface area (Å²) >= 11 is 1.44. The zero-order valence-electron chi connectivity index (χ0n) is 17.0. The fraction of sp³-hybridized carbons (Fsp3) is 0.409. The Morgan fingerprint density at radius 1 is 1.07 bits per heavy atom. The maximum absolute atomic E-state index is 12.4. The first kappa shape index (κ1) is 21.7. The van der Waals surface area contributed by atoms with Crippen LogP contribution in [0.5, 0.6) is 0 Å². The lowest BCUT2D eigenvalue weighted by molar-refractivity contribution is -0.133. The Bertz CT molecular complexity index is 971. The molecular weight excluding hydrogens is 400 g/mol. The number of aromatic nitrogens is 1. The number of nitriles is 1. The number of carbonyl (C=O) groups is 3. The minimum Gasteiger partial charge on any atom is -0.353 e. The van der Waals surface area contributed by atoms with Crippen LogP contribution in [0.1, 0.15) is 45.8 Å². The zero-order chi connectivity index (χ0) is 21.5. The fourth-order valence-electron chi connectivity index (χ4n) is 3.34. The first-order valence-electron chi connectivity index (χ1n) is 9.96. The first-order valence-corrected chi connectivity index (χ1v) is 10.8. The van der Waals surface area contributed by atoms with Crippen molar-refractivity contribution in [1.29, 1.82) is 5.26 Å². The summed E-state index contributed by atoms with van der Waals surface area (Å²) in [4.78, 5) is 46.5. The molecule has 3 heterocycles. The summed E-state index contributed by atoms with van der Waals surface area (Å²) in [7, 11) is 0. The van der Waals surface area contributed by atoms with Gasteiger partial charge in [-0.15, -0.1) is 11.3 Å². The van der Waals surface area contributed by atoms with Crippen LogP contribution in [-0.2, 0) is 9.59 Å². The van der Waals surface area contributed by atoms with Crippen molar-refractivity contribution >= 4 is 34.6 Å². The highest BCUT2D eigenvalue weighted by Crippen LogP contribution is 2.18. The Balaban J connectivity index is 1.38. The molecule has 0 N–H and O–H groups in total. The number of carbonyl (C=O) groups excluding carboxylic acids is 3. The Labute approximate surface area is 179 Å². The van der Waals surface area contributed by atoms with E-state index in [0.29, 0.717) is 36.6 Å². The molecule has 0 saturated carbocycles. The molecule has 0 aromatic carbocycles. The van der Waals surface area contributed by atoms with Gasteiger partial charge in [0.15, 0.2) is 5.78 Å². The van der Waals surface area contributed by atoms with Gasteiger partial charge in [-0.3, -0.25) is 14.4 Å². The minimum atomic E-state index is -0.0545. The molecule has 0 radical (unpaired) electrons. The third kappa shape index (κ3) is 5.74. The number of Topliss-reactive ketones (excluding diaryl/α,β-unsaturated/α-hetero) is 2. The number of aryl methyl sites for hydroxylation is 1. The summed E-state index contributed by atoms with van der Waals surface area (Å²) in [6.45, 7) is 4.33. The topological polar surface area (TPSA) is 94.4 Å². The van der Waals surface area contributed by atoms with Crippen molar-refractivity contribution in [2.24, 2.45) is 0 Å². The Morgan fingerprint density at radius 3 is 2.47 bits per heavy atom. The number of nitrogens with zero attached hydrogens (tertiary/aromatic N) is 4. The lowest BCUT2D eigenvalue weighted by atomic mass is 10.1. The van der Waals surface area contributed by atoms with Crippen molar-refractivity contribution in [3.63, 3.8) is 0 Å². The van der Waals surface area contributed by atoms with E-state index in [1.165, 1.54) is 11.3 Å². The average Bonchev–Trinajstić information content (AvgIpc) is 3.22. The van der Waals surface area contributed by atoms with Crippen LogP contribution in [0.25, 0.3) is 0 Å². The standard InChI is InChI=1S/C22H24N4O3S/c1-16-2-6-20(30-16)19(28)5-3-18(27)4-7-22(29)26-12-10-25(11-13-26)21-14-17(15-23)8-9-24-21/h2,6,8-9,14H,3-5,7,10-13H2,1H3. The lowest BCUT2D eigenvalue weighted by Gasteiger charge is -2.35. The molecule has 0 aliphatic carbocycles. The molecule has 0 bridgehead atoms. The third-order valence-corrected chi connectivity index (χ3v) is 6.14. The van der Waals surface area contributed by atoms with E-state index in [-0.39, 0.29) is 43.2 Å². The monoisotopic (exact) mass is 424 g/mol. The molecule has 1 amide bonds. The van der Waals surface area contributed by atoms with Gasteiger partial charge in [0.2, 0.25) is 5.91 Å². The first-order chi connectivity index (χ1) is 14.5. The maximum atomic E-state index is 12.4. The molecule has 30 heavy (non-hydrogen) atoms. The minimum absolute atomic E-state index is 0.0158. The van der Waals surface area contributed by atoms with E-state index in [1.807, 2.05) is 17.9 Å². The van der Waals surface area contributed by atoms with Crippen molar-refractivity contribution in [3.8, 4) is 6.07 Å². The average molecular weight is 425 g/mol. The molecule has 8 heteroatoms. The van der Waals surface area contributed by atoms with Crippen molar-refractivity contribution in [2.45, 2.75) is 32.6 Å². The van der Waals surface area contributed by atoms with Crippen molar-refractivity contribution < 1.29 is 14.4 Å². The number of hydrogen-bond acceptors (Lipinski definition) is 7. The summed E-state index contributed by atoms with van der Waals surface area (Å²) in [5.74, 6) is 0.628. The molecule has 1 aliphatic rings. The molecule has 0 unspecified atom stereocenters. The van der Waals surface area contributed by atoms with Crippen LogP contribution >= 0.6 is 11.3 Å². The molecule has 156 valence electrons. The third-order valence-electron chi connectivity index (χ3n) is 5.09. The van der Waals surface area contributed by atoms with Gasteiger partial charge in [-0.1, -0.05) is 0 Å². The van der Waals surface area contributed by atoms with Gasteiger partial charge in [0.1, 0.15) is 11.6 Å². The summed E-state index contributed by atoms with van der Waals surface area (Å²) in [5.41, 5.74) is 0.560. The van der Waals surface area contributed by atoms with E-state index < -0.39 is 0 Å². The van der Waals surface area contributed by atoms with E-state index in [4.69, 9.17) is 5.26 Å². The van der Waals surface area contributed by atoms with Gasteiger partial charge in [0.25, 0.3) is 0 Å². The second-order valence-electron chi connectivity index (χ2n) is 7.25. The van der Waals surface area contributed by atoms with E-state index in [0.717, 1.165) is 10.7 Å². The van der Waals surface area contributed by atoms with E-state index in [9.17, 15) is 14.4 Å². The van der Waals surface area contributed by atoms with Crippen LogP contribution in [0.3, 0.4) is 0 Å². The summed E-state index contributed by atoms with van der Waals surface area (Å²) in [5, 5.41) is 9.01. The van der Waals surface area contributed by atoms with Crippen LogP contribution in [0, 0.1) is 18.3 Å².